The second kappa shape index (κ2) is 6.71. The minimum absolute atomic E-state index is 0.293. The van der Waals surface area contributed by atoms with Crippen LogP contribution < -0.4 is 4.80 Å². The van der Waals surface area contributed by atoms with Crippen LogP contribution in [0.5, 0.6) is 0 Å². The van der Waals surface area contributed by atoms with Crippen molar-refractivity contribution in [2.24, 2.45) is 4.99 Å². The Labute approximate surface area is 147 Å². The molecule has 0 fully saturated rings. The number of nitrogens with zero attached hydrogens (tertiary/aromatic N) is 2. The van der Waals surface area contributed by atoms with Crippen LogP contribution in [-0.2, 0) is 6.54 Å². The van der Waals surface area contributed by atoms with Gasteiger partial charge in [-0.15, -0.1) is 6.58 Å². The third kappa shape index (κ3) is 3.24. The maximum Gasteiger partial charge on any atom is 0.281 e. The van der Waals surface area contributed by atoms with Crippen molar-refractivity contribution in [2.75, 3.05) is 0 Å². The molecule has 3 aromatic rings. The summed E-state index contributed by atoms with van der Waals surface area (Å²) < 4.78 is 3.00. The molecule has 0 N–H and O–H groups in total. The van der Waals surface area contributed by atoms with Crippen molar-refractivity contribution >= 4 is 50.7 Å². The van der Waals surface area contributed by atoms with E-state index in [0.717, 1.165) is 10.2 Å². The molecular weight excluding hydrogens is 351 g/mol. The highest BCUT2D eigenvalue weighted by Crippen LogP contribution is 2.22. The molecule has 0 saturated heterocycles. The number of thiazole rings is 1. The highest BCUT2D eigenvalue weighted by atomic mass is 35.5. The second-order valence-corrected chi connectivity index (χ2v) is 6.65. The molecule has 1 amide bonds. The molecule has 6 heteroatoms. The molecule has 3 nitrogen and oxygen atoms in total. The van der Waals surface area contributed by atoms with E-state index in [-0.39, 0.29) is 0 Å². The van der Waals surface area contributed by atoms with Crippen molar-refractivity contribution in [3.63, 3.8) is 0 Å². The Morgan fingerprint density at radius 3 is 2.83 bits per heavy atom. The van der Waals surface area contributed by atoms with Crippen LogP contribution in [0, 0.1) is 0 Å². The Morgan fingerprint density at radius 2 is 2.04 bits per heavy atom. The van der Waals surface area contributed by atoms with Gasteiger partial charge >= 0.3 is 0 Å². The van der Waals surface area contributed by atoms with E-state index in [1.54, 1.807) is 18.2 Å². The number of fused-ring (bicyclic) bond motifs is 1. The number of halogens is 2. The first-order chi connectivity index (χ1) is 11.1. The van der Waals surface area contributed by atoms with Gasteiger partial charge in [-0.25, -0.2) is 0 Å². The highest BCUT2D eigenvalue weighted by molar-refractivity contribution is 7.16. The smallest absolute Gasteiger partial charge is 0.281 e. The van der Waals surface area contributed by atoms with E-state index in [4.69, 9.17) is 23.2 Å². The summed E-state index contributed by atoms with van der Waals surface area (Å²) in [4.78, 5) is 17.3. The average Bonchev–Trinajstić information content (AvgIpc) is 2.88. The van der Waals surface area contributed by atoms with Gasteiger partial charge in [-0.2, -0.15) is 4.99 Å². The van der Waals surface area contributed by atoms with Crippen LogP contribution in [0.2, 0.25) is 10.0 Å². The van der Waals surface area contributed by atoms with Crippen LogP contribution >= 0.6 is 34.5 Å². The molecule has 2 aromatic carbocycles. The Morgan fingerprint density at radius 1 is 1.26 bits per heavy atom. The van der Waals surface area contributed by atoms with E-state index in [0.29, 0.717) is 27.0 Å². The quantitative estimate of drug-likeness (QED) is 0.607. The van der Waals surface area contributed by atoms with Crippen molar-refractivity contribution in [3.8, 4) is 0 Å². The van der Waals surface area contributed by atoms with Crippen molar-refractivity contribution < 1.29 is 4.79 Å². The fourth-order valence-electron chi connectivity index (χ4n) is 2.22. The van der Waals surface area contributed by atoms with E-state index in [1.165, 1.54) is 17.4 Å². The van der Waals surface area contributed by atoms with Gasteiger partial charge in [0.2, 0.25) is 0 Å². The first kappa shape index (κ1) is 16.0. The van der Waals surface area contributed by atoms with Gasteiger partial charge in [0, 0.05) is 11.6 Å². The summed E-state index contributed by atoms with van der Waals surface area (Å²) in [7, 11) is 0. The average molecular weight is 363 g/mol. The molecule has 1 aromatic heterocycles. The molecule has 0 radical (unpaired) electrons. The number of hydrogen-bond acceptors (Lipinski definition) is 2. The predicted molar refractivity (Wildman–Crippen MR) is 96.4 cm³/mol. The van der Waals surface area contributed by atoms with Gasteiger partial charge in [0.05, 0.1) is 20.8 Å². The normalized spacial score (nSPS) is 11.8. The molecular formula is C17H12Cl2N2OS. The lowest BCUT2D eigenvalue weighted by Gasteiger charge is -2.02. The lowest BCUT2D eigenvalue weighted by atomic mass is 10.2. The molecule has 0 aliphatic rings. The molecule has 1 heterocycles. The van der Waals surface area contributed by atoms with Gasteiger partial charge in [0.1, 0.15) is 0 Å². The first-order valence-corrected chi connectivity index (χ1v) is 8.41. The molecule has 0 aliphatic heterocycles. The highest BCUT2D eigenvalue weighted by Gasteiger charge is 2.12. The SMILES string of the molecule is C=CCn1c(=NC(=O)c2cc(Cl)ccc2Cl)sc2ccccc21. The van der Waals surface area contributed by atoms with Crippen LogP contribution in [0.1, 0.15) is 10.4 Å². The molecule has 23 heavy (non-hydrogen) atoms. The molecule has 0 atom stereocenters. The zero-order chi connectivity index (χ0) is 16.4. The number of para-hydroxylation sites is 1. The van der Waals surface area contributed by atoms with Crippen molar-refractivity contribution in [1.29, 1.82) is 0 Å². The van der Waals surface area contributed by atoms with Crippen LogP contribution in [0.15, 0.2) is 60.1 Å². The Hall–Kier alpha value is -1.88. The standard InChI is InChI=1S/C17H12Cl2N2OS/c1-2-9-21-14-5-3-4-6-15(14)23-17(21)20-16(22)12-10-11(18)7-8-13(12)19/h2-8,10H,1,9H2. The first-order valence-electron chi connectivity index (χ1n) is 6.83. The van der Waals surface area contributed by atoms with Crippen LogP contribution in [0.3, 0.4) is 0 Å². The fourth-order valence-corrected chi connectivity index (χ4v) is 3.63. The largest absolute Gasteiger partial charge is 0.312 e. The summed E-state index contributed by atoms with van der Waals surface area (Å²) in [6, 6.07) is 12.7. The number of carbonyl (C=O) groups excluding carboxylic acids is 1. The van der Waals surface area contributed by atoms with E-state index < -0.39 is 5.91 Å². The Balaban J connectivity index is 2.17. The van der Waals surface area contributed by atoms with E-state index >= 15 is 0 Å². The number of benzene rings is 2. The molecule has 0 unspecified atom stereocenters. The van der Waals surface area contributed by atoms with Gasteiger partial charge in [-0.1, -0.05) is 52.7 Å². The minimum atomic E-state index is -0.415. The predicted octanol–water partition coefficient (Wildman–Crippen LogP) is 4.94. The summed E-state index contributed by atoms with van der Waals surface area (Å²) >= 11 is 13.5. The summed E-state index contributed by atoms with van der Waals surface area (Å²) in [6.45, 7) is 4.33. The molecule has 0 spiro atoms. The number of hydrogen-bond donors (Lipinski definition) is 0. The number of amides is 1. The zero-order valence-electron chi connectivity index (χ0n) is 12.0. The monoisotopic (exact) mass is 362 g/mol. The van der Waals surface area contributed by atoms with Crippen LogP contribution in [0.25, 0.3) is 10.2 Å². The summed E-state index contributed by atoms with van der Waals surface area (Å²) in [5.41, 5.74) is 1.31. The number of aromatic nitrogens is 1. The Bertz CT molecular complexity index is 972. The number of rotatable bonds is 3. The lowest BCUT2D eigenvalue weighted by molar-refractivity contribution is 0.0998. The summed E-state index contributed by atoms with van der Waals surface area (Å²) in [5.74, 6) is -0.415. The number of carbonyl (C=O) groups is 1. The second-order valence-electron chi connectivity index (χ2n) is 4.79. The van der Waals surface area contributed by atoms with E-state index in [1.807, 2.05) is 28.8 Å². The molecule has 0 bridgehead atoms. The van der Waals surface area contributed by atoms with Crippen molar-refractivity contribution in [3.05, 3.63) is 75.5 Å². The van der Waals surface area contributed by atoms with Crippen LogP contribution in [-0.4, -0.2) is 10.5 Å². The third-order valence-corrected chi connectivity index (χ3v) is 4.88. The zero-order valence-corrected chi connectivity index (χ0v) is 14.3. The van der Waals surface area contributed by atoms with Gasteiger partial charge in [-0.05, 0) is 30.3 Å². The van der Waals surface area contributed by atoms with Gasteiger partial charge in [-0.3, -0.25) is 4.79 Å². The number of allylic oxidation sites excluding steroid dienone is 1. The molecule has 0 aliphatic carbocycles. The fraction of sp³-hybridized carbons (Fsp3) is 0.0588. The lowest BCUT2D eigenvalue weighted by Crippen LogP contribution is -2.16. The molecule has 0 saturated carbocycles. The molecule has 3 rings (SSSR count). The van der Waals surface area contributed by atoms with E-state index in [9.17, 15) is 4.79 Å². The van der Waals surface area contributed by atoms with Crippen LogP contribution in [0.4, 0.5) is 0 Å². The van der Waals surface area contributed by atoms with Crippen molar-refractivity contribution in [2.45, 2.75) is 6.54 Å². The maximum atomic E-state index is 12.5. The summed E-state index contributed by atoms with van der Waals surface area (Å²) in [6.07, 6.45) is 1.77. The molecule has 116 valence electrons. The van der Waals surface area contributed by atoms with E-state index in [2.05, 4.69) is 11.6 Å². The minimum Gasteiger partial charge on any atom is -0.312 e. The van der Waals surface area contributed by atoms with Gasteiger partial charge in [0.15, 0.2) is 4.80 Å². The maximum absolute atomic E-state index is 12.5. The topological polar surface area (TPSA) is 34.4 Å². The Kier molecular flexibility index (Phi) is 4.66. The van der Waals surface area contributed by atoms with Gasteiger partial charge < -0.3 is 4.57 Å². The van der Waals surface area contributed by atoms with Gasteiger partial charge in [0.25, 0.3) is 5.91 Å². The van der Waals surface area contributed by atoms with Crippen molar-refractivity contribution in [1.82, 2.24) is 4.57 Å². The summed E-state index contributed by atoms with van der Waals surface area (Å²) in [5, 5.41) is 0.780. The third-order valence-electron chi connectivity index (χ3n) is 3.26.